The number of benzene rings is 1. The minimum absolute atomic E-state index is 0.130. The van der Waals surface area contributed by atoms with Crippen molar-refractivity contribution in [1.29, 1.82) is 0 Å². The zero-order chi connectivity index (χ0) is 22.7. The van der Waals surface area contributed by atoms with Crippen LogP contribution in [-0.4, -0.2) is 39.9 Å². The minimum atomic E-state index is -1.61. The lowest BCUT2D eigenvalue weighted by Crippen LogP contribution is -2.35. The molecule has 0 aliphatic rings. The highest BCUT2D eigenvalue weighted by atomic mass is 28.3. The van der Waals surface area contributed by atoms with Crippen LogP contribution in [0.3, 0.4) is 0 Å². The van der Waals surface area contributed by atoms with Crippen LogP contribution in [-0.2, 0) is 20.7 Å². The largest absolute Gasteiger partial charge is 0.469 e. The molecular formula is C23H35NO4Si. The quantitative estimate of drug-likeness (QED) is 0.398. The lowest BCUT2D eigenvalue weighted by Gasteiger charge is -2.29. The van der Waals surface area contributed by atoms with Gasteiger partial charge in [0.1, 0.15) is 13.7 Å². The van der Waals surface area contributed by atoms with E-state index in [1.807, 2.05) is 41.5 Å². The van der Waals surface area contributed by atoms with E-state index in [1.54, 1.807) is 7.05 Å². The lowest BCUT2D eigenvalue weighted by molar-refractivity contribution is -0.139. The standard InChI is InChI=1S/C23H35NO4Si/c1-15-18(12-13-29(9,10)11)16(2)21(17(3)19(15)14-20(25)27-8)24(7)22(26)28-23(4,5)6/h14H2,1-11H3. The molecule has 0 unspecified atom stereocenters. The average Bonchev–Trinajstić information content (AvgIpc) is 2.55. The molecule has 0 atom stereocenters. The predicted molar refractivity (Wildman–Crippen MR) is 121 cm³/mol. The Morgan fingerprint density at radius 2 is 1.59 bits per heavy atom. The van der Waals surface area contributed by atoms with Gasteiger partial charge in [-0.15, -0.1) is 5.54 Å². The molecule has 6 heteroatoms. The van der Waals surface area contributed by atoms with E-state index in [2.05, 4.69) is 31.1 Å². The van der Waals surface area contributed by atoms with Crippen molar-refractivity contribution in [3.8, 4) is 11.5 Å². The SMILES string of the molecule is COC(=O)Cc1c(C)c(C#C[Si](C)(C)C)c(C)c(N(C)C(=O)OC(C)(C)C)c1C. The molecule has 1 rings (SSSR count). The number of carbonyl (C=O) groups is 2. The summed E-state index contributed by atoms with van der Waals surface area (Å²) in [6, 6.07) is 0. The molecule has 1 aromatic rings. The summed E-state index contributed by atoms with van der Waals surface area (Å²) in [6.45, 7) is 17.9. The van der Waals surface area contributed by atoms with Gasteiger partial charge in [0.25, 0.3) is 0 Å². The highest BCUT2D eigenvalue weighted by Crippen LogP contribution is 2.34. The molecule has 0 fully saturated rings. The van der Waals surface area contributed by atoms with Crippen LogP contribution in [0.15, 0.2) is 0 Å². The van der Waals surface area contributed by atoms with Gasteiger partial charge in [-0.25, -0.2) is 4.79 Å². The monoisotopic (exact) mass is 417 g/mol. The van der Waals surface area contributed by atoms with Crippen molar-refractivity contribution in [3.63, 3.8) is 0 Å². The summed E-state index contributed by atoms with van der Waals surface area (Å²) in [6.07, 6.45) is -0.314. The molecule has 0 bridgehead atoms. The average molecular weight is 418 g/mol. The van der Waals surface area contributed by atoms with Gasteiger partial charge in [0.2, 0.25) is 0 Å². The third kappa shape index (κ3) is 6.64. The number of rotatable bonds is 3. The van der Waals surface area contributed by atoms with Crippen molar-refractivity contribution in [2.75, 3.05) is 19.1 Å². The zero-order valence-corrected chi connectivity index (χ0v) is 20.8. The van der Waals surface area contributed by atoms with E-state index in [9.17, 15) is 9.59 Å². The lowest BCUT2D eigenvalue weighted by atomic mass is 9.89. The number of esters is 1. The molecule has 1 amide bonds. The molecule has 29 heavy (non-hydrogen) atoms. The number of amides is 1. The molecule has 1 aromatic carbocycles. The molecule has 0 spiro atoms. The van der Waals surface area contributed by atoms with Crippen molar-refractivity contribution in [1.82, 2.24) is 0 Å². The second-order valence-corrected chi connectivity index (χ2v) is 14.1. The Morgan fingerprint density at radius 1 is 1.03 bits per heavy atom. The number of carbonyl (C=O) groups excluding carboxylic acids is 2. The first-order valence-electron chi connectivity index (χ1n) is 9.78. The van der Waals surface area contributed by atoms with Crippen LogP contribution in [0.25, 0.3) is 0 Å². The van der Waals surface area contributed by atoms with Gasteiger partial charge < -0.3 is 9.47 Å². The van der Waals surface area contributed by atoms with Gasteiger partial charge in [0.05, 0.1) is 19.2 Å². The molecule has 5 nitrogen and oxygen atoms in total. The Kier molecular flexibility index (Phi) is 7.72. The minimum Gasteiger partial charge on any atom is -0.469 e. The summed E-state index contributed by atoms with van der Waals surface area (Å²) in [5, 5.41) is 0. The molecule has 0 aromatic heterocycles. The number of anilines is 1. The van der Waals surface area contributed by atoms with Gasteiger partial charge in [-0.1, -0.05) is 25.6 Å². The predicted octanol–water partition coefficient (Wildman–Crippen LogP) is 4.93. The van der Waals surface area contributed by atoms with Gasteiger partial charge in [-0.2, -0.15) is 0 Å². The van der Waals surface area contributed by atoms with Gasteiger partial charge in [-0.05, 0) is 63.8 Å². The Balaban J connectivity index is 3.74. The Labute approximate surface area is 176 Å². The number of nitrogens with zero attached hydrogens (tertiary/aromatic N) is 1. The van der Waals surface area contributed by atoms with Gasteiger partial charge in [0.15, 0.2) is 0 Å². The number of hydrogen-bond donors (Lipinski definition) is 0. The fourth-order valence-corrected chi connectivity index (χ4v) is 3.60. The summed E-state index contributed by atoms with van der Waals surface area (Å²) >= 11 is 0. The topological polar surface area (TPSA) is 55.8 Å². The van der Waals surface area contributed by atoms with E-state index in [1.165, 1.54) is 12.0 Å². The third-order valence-electron chi connectivity index (χ3n) is 4.48. The van der Waals surface area contributed by atoms with Gasteiger partial charge in [-0.3, -0.25) is 9.69 Å². The molecule has 0 N–H and O–H groups in total. The fraction of sp³-hybridized carbons (Fsp3) is 0.565. The Hall–Kier alpha value is -2.26. The number of methoxy groups -OCH3 is 1. The second kappa shape index (κ2) is 9.04. The van der Waals surface area contributed by atoms with E-state index in [4.69, 9.17) is 9.47 Å². The molecule has 0 heterocycles. The van der Waals surface area contributed by atoms with Crippen molar-refractivity contribution in [2.45, 2.75) is 73.2 Å². The van der Waals surface area contributed by atoms with Crippen LogP contribution < -0.4 is 4.90 Å². The highest BCUT2D eigenvalue weighted by Gasteiger charge is 2.26. The van der Waals surface area contributed by atoms with E-state index in [0.29, 0.717) is 0 Å². The number of hydrogen-bond acceptors (Lipinski definition) is 4. The van der Waals surface area contributed by atoms with Crippen LogP contribution in [0.1, 0.15) is 48.6 Å². The van der Waals surface area contributed by atoms with Crippen molar-refractivity contribution >= 4 is 25.8 Å². The first-order valence-corrected chi connectivity index (χ1v) is 13.3. The molecule has 0 saturated carbocycles. The molecular weight excluding hydrogens is 382 g/mol. The van der Waals surface area contributed by atoms with Crippen molar-refractivity contribution in [3.05, 3.63) is 27.8 Å². The molecule has 0 aliphatic heterocycles. The van der Waals surface area contributed by atoms with Crippen LogP contribution in [0.5, 0.6) is 0 Å². The highest BCUT2D eigenvalue weighted by molar-refractivity contribution is 6.83. The first-order chi connectivity index (χ1) is 13.1. The van der Waals surface area contributed by atoms with Gasteiger partial charge >= 0.3 is 12.1 Å². The molecule has 0 saturated heterocycles. The maximum atomic E-state index is 12.7. The maximum absolute atomic E-state index is 12.7. The summed E-state index contributed by atoms with van der Waals surface area (Å²) < 4.78 is 10.4. The van der Waals surface area contributed by atoms with E-state index in [0.717, 1.165) is 33.5 Å². The summed E-state index contributed by atoms with van der Waals surface area (Å²) in [5.74, 6) is 3.02. The first kappa shape index (κ1) is 24.8. The third-order valence-corrected chi connectivity index (χ3v) is 5.35. The summed E-state index contributed by atoms with van der Waals surface area (Å²) in [5.41, 5.74) is 7.96. The molecule has 0 aliphatic carbocycles. The van der Waals surface area contributed by atoms with E-state index in [-0.39, 0.29) is 12.4 Å². The maximum Gasteiger partial charge on any atom is 0.414 e. The molecule has 160 valence electrons. The number of ether oxygens (including phenoxy) is 2. The van der Waals surface area contributed by atoms with Crippen LogP contribution >= 0.6 is 0 Å². The summed E-state index contributed by atoms with van der Waals surface area (Å²) in [7, 11) is 1.45. The summed E-state index contributed by atoms with van der Waals surface area (Å²) in [4.78, 5) is 26.3. The van der Waals surface area contributed by atoms with E-state index < -0.39 is 19.8 Å². The zero-order valence-electron chi connectivity index (χ0n) is 19.8. The normalized spacial score (nSPS) is 11.4. The van der Waals surface area contributed by atoms with Crippen LogP contribution in [0.2, 0.25) is 19.6 Å². The van der Waals surface area contributed by atoms with Crippen LogP contribution in [0, 0.1) is 32.2 Å². The molecule has 0 radical (unpaired) electrons. The second-order valence-electron chi connectivity index (χ2n) is 9.37. The van der Waals surface area contributed by atoms with E-state index >= 15 is 0 Å². The van der Waals surface area contributed by atoms with Crippen LogP contribution in [0.4, 0.5) is 10.5 Å². The Morgan fingerprint density at radius 3 is 2.03 bits per heavy atom. The van der Waals surface area contributed by atoms with Crippen molar-refractivity contribution in [2.24, 2.45) is 0 Å². The van der Waals surface area contributed by atoms with Gasteiger partial charge in [0, 0.05) is 12.6 Å². The van der Waals surface area contributed by atoms with Crippen molar-refractivity contribution < 1.29 is 19.1 Å². The fourth-order valence-electron chi connectivity index (χ4n) is 3.10. The Bertz CT molecular complexity index is 864. The smallest absolute Gasteiger partial charge is 0.414 e.